The Morgan fingerprint density at radius 3 is 2.20 bits per heavy atom. The summed E-state index contributed by atoms with van der Waals surface area (Å²) in [6.07, 6.45) is 1.55. The molecule has 0 aliphatic heterocycles. The van der Waals surface area contributed by atoms with Gasteiger partial charge in [-0.25, -0.2) is 13.6 Å². The third kappa shape index (κ3) is 2.87. The average molecular weight is 227 g/mol. The highest BCUT2D eigenvalue weighted by molar-refractivity contribution is 7.89. The van der Waals surface area contributed by atoms with E-state index in [2.05, 4.69) is 0 Å². The van der Waals surface area contributed by atoms with Gasteiger partial charge in [-0.1, -0.05) is 19.1 Å². The molecular weight excluding hydrogens is 214 g/mol. The van der Waals surface area contributed by atoms with Gasteiger partial charge in [-0.05, 0) is 24.1 Å². The van der Waals surface area contributed by atoms with Crippen LogP contribution in [0.15, 0.2) is 29.2 Å². The number of nitrogens with two attached hydrogens (primary N) is 1. The minimum atomic E-state index is -3.65. The van der Waals surface area contributed by atoms with Crippen molar-refractivity contribution < 1.29 is 13.2 Å². The van der Waals surface area contributed by atoms with Gasteiger partial charge in [-0.15, -0.1) is 0 Å². The van der Waals surface area contributed by atoms with E-state index in [0.717, 1.165) is 11.8 Å². The van der Waals surface area contributed by atoms with E-state index in [1.807, 2.05) is 6.92 Å². The summed E-state index contributed by atoms with van der Waals surface area (Å²) in [6, 6.07) is 6.05. The summed E-state index contributed by atoms with van der Waals surface area (Å²) in [5, 5.41) is 4.95. The molecule has 0 aromatic heterocycles. The number of carbonyl (C=O) groups is 1. The van der Waals surface area contributed by atoms with Crippen molar-refractivity contribution in [2.45, 2.75) is 24.2 Å². The van der Waals surface area contributed by atoms with Crippen molar-refractivity contribution in [3.63, 3.8) is 0 Å². The van der Waals surface area contributed by atoms with E-state index >= 15 is 0 Å². The number of carbonyl (C=O) groups excluding carboxylic acids is 1. The lowest BCUT2D eigenvalue weighted by Crippen LogP contribution is -2.12. The maximum absolute atomic E-state index is 11.0. The number of rotatable bonds is 4. The lowest BCUT2D eigenvalue weighted by Gasteiger charge is -2.07. The van der Waals surface area contributed by atoms with E-state index < -0.39 is 10.0 Å². The Labute approximate surface area is 89.2 Å². The molecular formula is C10H13NO3S. The lowest BCUT2D eigenvalue weighted by molar-refractivity contribution is -0.109. The molecule has 15 heavy (non-hydrogen) atoms. The van der Waals surface area contributed by atoms with Crippen molar-refractivity contribution in [2.75, 3.05) is 0 Å². The van der Waals surface area contributed by atoms with Gasteiger partial charge in [0.1, 0.15) is 6.29 Å². The van der Waals surface area contributed by atoms with Gasteiger partial charge in [0.2, 0.25) is 10.0 Å². The van der Waals surface area contributed by atoms with Crippen LogP contribution in [0.25, 0.3) is 0 Å². The smallest absolute Gasteiger partial charge is 0.238 e. The number of aldehydes is 1. The summed E-state index contributed by atoms with van der Waals surface area (Å²) in [5.74, 6) is -0.181. The molecule has 0 amide bonds. The van der Waals surface area contributed by atoms with E-state index in [4.69, 9.17) is 5.14 Å². The van der Waals surface area contributed by atoms with Crippen LogP contribution in [0.4, 0.5) is 0 Å². The van der Waals surface area contributed by atoms with Gasteiger partial charge >= 0.3 is 0 Å². The molecule has 1 atom stereocenters. The van der Waals surface area contributed by atoms with Crippen LogP contribution in [0.5, 0.6) is 0 Å². The third-order valence-electron chi connectivity index (χ3n) is 2.24. The molecule has 0 spiro atoms. The highest BCUT2D eigenvalue weighted by atomic mass is 32.2. The van der Waals surface area contributed by atoms with Crippen LogP contribution in [0.1, 0.15) is 24.8 Å². The SMILES string of the molecule is CCC(C=O)c1ccc(S(N)(=O)=O)cc1. The van der Waals surface area contributed by atoms with Gasteiger partial charge in [-0.2, -0.15) is 0 Å². The minimum Gasteiger partial charge on any atom is -0.303 e. The molecule has 0 bridgehead atoms. The molecule has 0 saturated carbocycles. The fraction of sp³-hybridized carbons (Fsp3) is 0.300. The zero-order valence-electron chi connectivity index (χ0n) is 8.38. The number of hydrogen-bond donors (Lipinski definition) is 1. The Bertz CT molecular complexity index is 436. The first-order chi connectivity index (χ1) is 6.99. The van der Waals surface area contributed by atoms with E-state index in [0.29, 0.717) is 6.42 Å². The second-order valence-electron chi connectivity index (χ2n) is 3.26. The molecule has 1 aromatic rings. The molecule has 0 fully saturated rings. The second kappa shape index (κ2) is 4.55. The molecule has 0 aliphatic carbocycles. The second-order valence-corrected chi connectivity index (χ2v) is 4.83. The molecule has 4 nitrogen and oxygen atoms in total. The largest absolute Gasteiger partial charge is 0.303 e. The predicted molar refractivity (Wildman–Crippen MR) is 56.9 cm³/mol. The summed E-state index contributed by atoms with van der Waals surface area (Å²) >= 11 is 0. The van der Waals surface area contributed by atoms with Crippen molar-refractivity contribution in [3.8, 4) is 0 Å². The van der Waals surface area contributed by atoms with Crippen LogP contribution in [-0.2, 0) is 14.8 Å². The molecule has 1 rings (SSSR count). The van der Waals surface area contributed by atoms with Crippen LogP contribution in [-0.4, -0.2) is 14.7 Å². The van der Waals surface area contributed by atoms with Gasteiger partial charge in [0.15, 0.2) is 0 Å². The van der Waals surface area contributed by atoms with Gasteiger partial charge in [0, 0.05) is 5.92 Å². The highest BCUT2D eigenvalue weighted by Gasteiger charge is 2.10. The standard InChI is InChI=1S/C10H13NO3S/c1-2-8(7-12)9-3-5-10(6-4-9)15(11,13)14/h3-8H,2H2,1H3,(H2,11,13,14). The topological polar surface area (TPSA) is 77.2 Å². The van der Waals surface area contributed by atoms with Crippen LogP contribution < -0.4 is 5.14 Å². The fourth-order valence-corrected chi connectivity index (χ4v) is 1.83. The number of sulfonamides is 1. The first kappa shape index (κ1) is 11.9. The molecule has 2 N–H and O–H groups in total. The zero-order valence-corrected chi connectivity index (χ0v) is 9.20. The Morgan fingerprint density at radius 2 is 1.87 bits per heavy atom. The third-order valence-corrected chi connectivity index (χ3v) is 3.17. The monoisotopic (exact) mass is 227 g/mol. The fourth-order valence-electron chi connectivity index (χ4n) is 1.32. The first-order valence-electron chi connectivity index (χ1n) is 4.57. The average Bonchev–Trinajstić information content (AvgIpc) is 2.19. The quantitative estimate of drug-likeness (QED) is 0.780. The lowest BCUT2D eigenvalue weighted by atomic mass is 9.98. The molecule has 0 saturated heterocycles. The Morgan fingerprint density at radius 1 is 1.33 bits per heavy atom. The van der Waals surface area contributed by atoms with E-state index in [1.54, 1.807) is 12.1 Å². The van der Waals surface area contributed by atoms with E-state index in [-0.39, 0.29) is 10.8 Å². The van der Waals surface area contributed by atoms with Gasteiger partial charge in [-0.3, -0.25) is 0 Å². The van der Waals surface area contributed by atoms with Crippen molar-refractivity contribution >= 4 is 16.3 Å². The summed E-state index contributed by atoms with van der Waals surface area (Å²) in [5.41, 5.74) is 0.805. The van der Waals surface area contributed by atoms with Crippen molar-refractivity contribution in [1.29, 1.82) is 0 Å². The molecule has 0 heterocycles. The molecule has 0 aliphatic rings. The minimum absolute atomic E-state index is 0.0620. The Balaban J connectivity index is 3.05. The number of hydrogen-bond acceptors (Lipinski definition) is 3. The molecule has 82 valence electrons. The number of primary sulfonamides is 1. The maximum Gasteiger partial charge on any atom is 0.238 e. The zero-order chi connectivity index (χ0) is 11.5. The van der Waals surface area contributed by atoms with Crippen LogP contribution in [0.2, 0.25) is 0 Å². The molecule has 0 radical (unpaired) electrons. The molecule has 1 unspecified atom stereocenters. The van der Waals surface area contributed by atoms with Crippen LogP contribution in [0, 0.1) is 0 Å². The van der Waals surface area contributed by atoms with Crippen molar-refractivity contribution in [2.24, 2.45) is 5.14 Å². The maximum atomic E-state index is 11.0. The van der Waals surface area contributed by atoms with Gasteiger partial charge < -0.3 is 4.79 Å². The summed E-state index contributed by atoms with van der Waals surface area (Å²) < 4.78 is 21.9. The first-order valence-corrected chi connectivity index (χ1v) is 6.11. The summed E-state index contributed by atoms with van der Waals surface area (Å²) in [7, 11) is -3.65. The summed E-state index contributed by atoms with van der Waals surface area (Å²) in [6.45, 7) is 1.90. The van der Waals surface area contributed by atoms with Crippen LogP contribution >= 0.6 is 0 Å². The van der Waals surface area contributed by atoms with Crippen molar-refractivity contribution in [1.82, 2.24) is 0 Å². The predicted octanol–water partition coefficient (Wildman–Crippen LogP) is 1.03. The van der Waals surface area contributed by atoms with E-state index in [9.17, 15) is 13.2 Å². The van der Waals surface area contributed by atoms with Crippen molar-refractivity contribution in [3.05, 3.63) is 29.8 Å². The molecule has 1 aromatic carbocycles. The van der Waals surface area contributed by atoms with Gasteiger partial charge in [0.25, 0.3) is 0 Å². The normalized spacial score (nSPS) is 13.5. The van der Waals surface area contributed by atoms with Crippen LogP contribution in [0.3, 0.4) is 0 Å². The number of benzene rings is 1. The Hall–Kier alpha value is -1.20. The summed E-state index contributed by atoms with van der Waals surface area (Å²) in [4.78, 5) is 10.7. The highest BCUT2D eigenvalue weighted by Crippen LogP contribution is 2.18. The van der Waals surface area contributed by atoms with E-state index in [1.165, 1.54) is 12.1 Å². The molecule has 5 heteroatoms. The van der Waals surface area contributed by atoms with Gasteiger partial charge in [0.05, 0.1) is 4.90 Å². The Kier molecular flexibility index (Phi) is 3.60.